The molecule has 1 rings (SSSR count). The molecule has 0 saturated carbocycles. The topological polar surface area (TPSA) is 48.9 Å². The number of nitrogens with zero attached hydrogens (tertiary/aromatic N) is 2. The molecule has 19 heavy (non-hydrogen) atoms. The third kappa shape index (κ3) is 8.06. The highest BCUT2D eigenvalue weighted by molar-refractivity contribution is 5.79. The molecule has 1 saturated heterocycles. The summed E-state index contributed by atoms with van der Waals surface area (Å²) in [5, 5.41) is 6.69. The van der Waals surface area contributed by atoms with Gasteiger partial charge < -0.3 is 15.4 Å². The molecule has 1 heterocycles. The fourth-order valence-electron chi connectivity index (χ4n) is 2.05. The van der Waals surface area contributed by atoms with Gasteiger partial charge >= 0.3 is 0 Å². The Bertz CT molecular complexity index is 240. The maximum absolute atomic E-state index is 5.34. The van der Waals surface area contributed by atoms with Crippen LogP contribution in [0.3, 0.4) is 0 Å². The highest BCUT2D eigenvalue weighted by Gasteiger charge is 2.09. The Morgan fingerprint density at radius 2 is 1.95 bits per heavy atom. The molecular weight excluding hydrogens is 240 g/mol. The second-order valence-corrected chi connectivity index (χ2v) is 4.85. The molecule has 0 spiro atoms. The number of aliphatic imine (C=N–C) groups is 1. The normalized spacial score (nSPS) is 17.5. The minimum atomic E-state index is 0.866. The van der Waals surface area contributed by atoms with Gasteiger partial charge in [0.2, 0.25) is 0 Å². The molecule has 1 fully saturated rings. The van der Waals surface area contributed by atoms with Gasteiger partial charge in [-0.1, -0.05) is 19.8 Å². The molecule has 0 aromatic rings. The van der Waals surface area contributed by atoms with E-state index in [0.717, 1.165) is 58.4 Å². The molecule has 1 aliphatic rings. The summed E-state index contributed by atoms with van der Waals surface area (Å²) in [5.41, 5.74) is 0. The average molecular weight is 270 g/mol. The molecule has 0 aromatic carbocycles. The fourth-order valence-corrected chi connectivity index (χ4v) is 2.05. The van der Waals surface area contributed by atoms with Crippen LogP contribution in [0.15, 0.2) is 4.99 Å². The maximum Gasteiger partial charge on any atom is 0.191 e. The number of rotatable bonds is 8. The molecule has 1 aliphatic heterocycles. The van der Waals surface area contributed by atoms with Gasteiger partial charge in [-0.3, -0.25) is 9.89 Å². The quantitative estimate of drug-likeness (QED) is 0.393. The van der Waals surface area contributed by atoms with Crippen molar-refractivity contribution >= 4 is 5.96 Å². The van der Waals surface area contributed by atoms with Crippen LogP contribution < -0.4 is 10.6 Å². The first-order valence-electron chi connectivity index (χ1n) is 7.69. The SMILES string of the molecule is CCCCCN=C(NCC)NCCN1CCOCC1. The lowest BCUT2D eigenvalue weighted by Gasteiger charge is -2.26. The van der Waals surface area contributed by atoms with Crippen LogP contribution in [-0.2, 0) is 4.74 Å². The minimum Gasteiger partial charge on any atom is -0.379 e. The zero-order chi connectivity index (χ0) is 13.8. The van der Waals surface area contributed by atoms with Gasteiger partial charge in [-0.25, -0.2) is 0 Å². The largest absolute Gasteiger partial charge is 0.379 e. The summed E-state index contributed by atoms with van der Waals surface area (Å²) in [6.45, 7) is 12.0. The van der Waals surface area contributed by atoms with E-state index in [0.29, 0.717) is 0 Å². The Kier molecular flexibility index (Phi) is 9.45. The Morgan fingerprint density at radius 3 is 2.63 bits per heavy atom. The van der Waals surface area contributed by atoms with E-state index in [4.69, 9.17) is 4.74 Å². The van der Waals surface area contributed by atoms with Gasteiger partial charge in [0, 0.05) is 39.3 Å². The van der Waals surface area contributed by atoms with E-state index in [-0.39, 0.29) is 0 Å². The Balaban J connectivity index is 2.16. The minimum absolute atomic E-state index is 0.866. The van der Waals surface area contributed by atoms with E-state index in [2.05, 4.69) is 34.4 Å². The second-order valence-electron chi connectivity index (χ2n) is 4.85. The summed E-state index contributed by atoms with van der Waals surface area (Å²) in [5.74, 6) is 0.951. The van der Waals surface area contributed by atoms with Gasteiger partial charge in [0.25, 0.3) is 0 Å². The fraction of sp³-hybridized carbons (Fsp3) is 0.929. The first-order chi connectivity index (χ1) is 9.36. The Morgan fingerprint density at radius 1 is 1.16 bits per heavy atom. The van der Waals surface area contributed by atoms with Crippen molar-refractivity contribution in [1.82, 2.24) is 15.5 Å². The third-order valence-electron chi connectivity index (χ3n) is 3.20. The molecule has 2 N–H and O–H groups in total. The van der Waals surface area contributed by atoms with Crippen LogP contribution in [0.1, 0.15) is 33.1 Å². The highest BCUT2D eigenvalue weighted by atomic mass is 16.5. The number of unbranched alkanes of at least 4 members (excludes halogenated alkanes) is 2. The van der Waals surface area contributed by atoms with Crippen molar-refractivity contribution in [2.24, 2.45) is 4.99 Å². The average Bonchev–Trinajstić information content (AvgIpc) is 2.44. The van der Waals surface area contributed by atoms with Crippen LogP contribution in [0.25, 0.3) is 0 Å². The molecule has 0 aliphatic carbocycles. The van der Waals surface area contributed by atoms with Gasteiger partial charge in [0.05, 0.1) is 13.2 Å². The maximum atomic E-state index is 5.34. The van der Waals surface area contributed by atoms with Crippen LogP contribution in [0.4, 0.5) is 0 Å². The molecule has 0 aromatic heterocycles. The smallest absolute Gasteiger partial charge is 0.191 e. The molecule has 112 valence electrons. The number of hydrogen-bond donors (Lipinski definition) is 2. The monoisotopic (exact) mass is 270 g/mol. The lowest BCUT2D eigenvalue weighted by atomic mass is 10.2. The number of ether oxygens (including phenoxy) is 1. The van der Waals surface area contributed by atoms with Gasteiger partial charge in [-0.05, 0) is 13.3 Å². The first kappa shape index (κ1) is 16.2. The summed E-state index contributed by atoms with van der Waals surface area (Å²) in [4.78, 5) is 7.01. The number of nitrogens with one attached hydrogen (secondary N) is 2. The predicted molar refractivity (Wildman–Crippen MR) is 80.8 cm³/mol. The molecule has 0 atom stereocenters. The van der Waals surface area contributed by atoms with E-state index in [1.54, 1.807) is 0 Å². The standard InChI is InChI=1S/C14H30N4O/c1-3-5-6-7-16-14(15-4-2)17-8-9-18-10-12-19-13-11-18/h3-13H2,1-2H3,(H2,15,16,17). The van der Waals surface area contributed by atoms with Gasteiger partial charge in [0.1, 0.15) is 0 Å². The van der Waals surface area contributed by atoms with E-state index in [9.17, 15) is 0 Å². The molecule has 0 radical (unpaired) electrons. The lowest BCUT2D eigenvalue weighted by molar-refractivity contribution is 0.0389. The van der Waals surface area contributed by atoms with E-state index in [1.165, 1.54) is 19.3 Å². The van der Waals surface area contributed by atoms with Gasteiger partial charge in [-0.15, -0.1) is 0 Å². The summed E-state index contributed by atoms with van der Waals surface area (Å²) in [6, 6.07) is 0. The van der Waals surface area contributed by atoms with Crippen molar-refractivity contribution in [3.63, 3.8) is 0 Å². The Hall–Kier alpha value is -0.810. The number of hydrogen-bond acceptors (Lipinski definition) is 3. The van der Waals surface area contributed by atoms with Crippen molar-refractivity contribution in [3.05, 3.63) is 0 Å². The van der Waals surface area contributed by atoms with Crippen LogP contribution in [-0.4, -0.2) is 63.3 Å². The van der Waals surface area contributed by atoms with Crippen molar-refractivity contribution in [2.75, 3.05) is 52.5 Å². The lowest BCUT2D eigenvalue weighted by Crippen LogP contribution is -2.44. The zero-order valence-electron chi connectivity index (χ0n) is 12.6. The van der Waals surface area contributed by atoms with E-state index >= 15 is 0 Å². The van der Waals surface area contributed by atoms with Crippen molar-refractivity contribution in [1.29, 1.82) is 0 Å². The van der Waals surface area contributed by atoms with Crippen molar-refractivity contribution in [3.8, 4) is 0 Å². The summed E-state index contributed by atoms with van der Waals surface area (Å²) < 4.78 is 5.34. The summed E-state index contributed by atoms with van der Waals surface area (Å²) in [6.07, 6.45) is 3.68. The van der Waals surface area contributed by atoms with Gasteiger partial charge in [0.15, 0.2) is 5.96 Å². The van der Waals surface area contributed by atoms with Crippen LogP contribution in [0.5, 0.6) is 0 Å². The summed E-state index contributed by atoms with van der Waals surface area (Å²) >= 11 is 0. The van der Waals surface area contributed by atoms with Gasteiger partial charge in [-0.2, -0.15) is 0 Å². The molecule has 5 heteroatoms. The van der Waals surface area contributed by atoms with Crippen molar-refractivity contribution in [2.45, 2.75) is 33.1 Å². The molecular formula is C14H30N4O. The van der Waals surface area contributed by atoms with E-state index in [1.807, 2.05) is 0 Å². The first-order valence-corrected chi connectivity index (χ1v) is 7.69. The zero-order valence-corrected chi connectivity index (χ0v) is 12.6. The molecule has 0 amide bonds. The molecule has 0 bridgehead atoms. The summed E-state index contributed by atoms with van der Waals surface area (Å²) in [7, 11) is 0. The van der Waals surface area contributed by atoms with E-state index < -0.39 is 0 Å². The molecule has 0 unspecified atom stereocenters. The van der Waals surface area contributed by atoms with Crippen LogP contribution in [0, 0.1) is 0 Å². The van der Waals surface area contributed by atoms with Crippen molar-refractivity contribution < 1.29 is 4.74 Å². The molecule has 5 nitrogen and oxygen atoms in total. The third-order valence-corrected chi connectivity index (χ3v) is 3.20. The predicted octanol–water partition coefficient (Wildman–Crippen LogP) is 1.06. The van der Waals surface area contributed by atoms with Crippen LogP contribution in [0.2, 0.25) is 0 Å². The van der Waals surface area contributed by atoms with Crippen LogP contribution >= 0.6 is 0 Å². The number of morpholine rings is 1. The Labute approximate surface area is 117 Å². The highest BCUT2D eigenvalue weighted by Crippen LogP contribution is 1.95. The second kappa shape index (κ2) is 11.1. The number of guanidine groups is 1.